The second-order valence-corrected chi connectivity index (χ2v) is 12.5. The molecule has 1 amide bonds. The number of benzene rings is 2. The maximum absolute atomic E-state index is 13.0. The molecule has 0 spiro atoms. The van der Waals surface area contributed by atoms with Crippen LogP contribution in [-0.2, 0) is 16.1 Å². The second-order valence-electron chi connectivity index (χ2n) is 9.19. The molecule has 0 fully saturated rings. The van der Waals surface area contributed by atoms with E-state index in [1.165, 1.54) is 40.6 Å². The summed E-state index contributed by atoms with van der Waals surface area (Å²) in [5, 5.41) is 17.5. The molecule has 0 atom stereocenters. The minimum absolute atomic E-state index is 0.0976. The van der Waals surface area contributed by atoms with E-state index in [0.29, 0.717) is 32.9 Å². The van der Waals surface area contributed by atoms with Gasteiger partial charge in [-0.3, -0.25) is 4.79 Å². The van der Waals surface area contributed by atoms with Crippen LogP contribution < -0.4 is 5.32 Å². The zero-order valence-corrected chi connectivity index (χ0v) is 26.1. The number of hydrogen-bond acceptors (Lipinski definition) is 8. The Morgan fingerprint density at radius 2 is 1.66 bits per heavy atom. The van der Waals surface area contributed by atoms with Crippen LogP contribution in [0.1, 0.15) is 27.7 Å². The van der Waals surface area contributed by atoms with Crippen molar-refractivity contribution >= 4 is 62.9 Å². The summed E-state index contributed by atoms with van der Waals surface area (Å²) in [6.07, 6.45) is 0. The number of aromatic nitrogens is 3. The van der Waals surface area contributed by atoms with E-state index in [2.05, 4.69) is 59.0 Å². The Morgan fingerprint density at radius 1 is 0.976 bits per heavy atom. The summed E-state index contributed by atoms with van der Waals surface area (Å²) < 4.78 is 7.05. The van der Waals surface area contributed by atoms with E-state index >= 15 is 0 Å². The van der Waals surface area contributed by atoms with Crippen LogP contribution in [0, 0.1) is 13.8 Å². The van der Waals surface area contributed by atoms with Crippen molar-refractivity contribution in [2.75, 3.05) is 18.2 Å². The van der Waals surface area contributed by atoms with Gasteiger partial charge >= 0.3 is 5.97 Å². The summed E-state index contributed by atoms with van der Waals surface area (Å²) >= 11 is 10.3. The Morgan fingerprint density at radius 3 is 2.34 bits per heavy atom. The quantitative estimate of drug-likeness (QED) is 0.132. The van der Waals surface area contributed by atoms with Crippen molar-refractivity contribution in [3.05, 3.63) is 80.3 Å². The summed E-state index contributed by atoms with van der Waals surface area (Å²) in [5.74, 6) is 0.0863. The van der Waals surface area contributed by atoms with Crippen molar-refractivity contribution in [2.24, 2.45) is 0 Å². The molecule has 3 aromatic heterocycles. The molecule has 7 nitrogen and oxygen atoms in total. The number of ether oxygens (including phenoxy) is 1. The fourth-order valence-corrected chi connectivity index (χ4v) is 7.23. The molecule has 2 aromatic carbocycles. The zero-order chi connectivity index (χ0) is 29.1. The van der Waals surface area contributed by atoms with E-state index in [4.69, 9.17) is 16.3 Å². The first-order valence-corrected chi connectivity index (χ1v) is 15.9. The van der Waals surface area contributed by atoms with E-state index in [9.17, 15) is 9.59 Å². The van der Waals surface area contributed by atoms with Crippen molar-refractivity contribution in [3.8, 4) is 33.6 Å². The van der Waals surface area contributed by atoms with Crippen LogP contribution in [0.5, 0.6) is 0 Å². The molecule has 3 heterocycles. The average Bonchev–Trinajstić information content (AvgIpc) is 3.68. The van der Waals surface area contributed by atoms with Crippen LogP contribution in [0.4, 0.5) is 5.00 Å². The van der Waals surface area contributed by atoms with Gasteiger partial charge in [-0.15, -0.1) is 32.9 Å². The molecule has 210 valence electrons. The van der Waals surface area contributed by atoms with Crippen molar-refractivity contribution in [1.29, 1.82) is 0 Å². The SMILES string of the molecule is CCn1c(SCC(=O)Nc2scc(-c3ccc(Cl)cc3)c2C(=O)OC)nnc1-c1csc(C)c1-c1ccc(C)cc1. The number of thiophene rings is 2. The molecule has 1 N–H and O–H groups in total. The molecule has 5 aromatic rings. The number of thioether (sulfide) groups is 1. The number of esters is 1. The highest BCUT2D eigenvalue weighted by molar-refractivity contribution is 7.99. The van der Waals surface area contributed by atoms with Gasteiger partial charge in [0, 0.05) is 43.9 Å². The van der Waals surface area contributed by atoms with Crippen LogP contribution in [0.3, 0.4) is 0 Å². The fourth-order valence-electron chi connectivity index (χ4n) is 4.47. The first kappa shape index (κ1) is 29.1. The highest BCUT2D eigenvalue weighted by Gasteiger charge is 2.24. The molecule has 41 heavy (non-hydrogen) atoms. The maximum Gasteiger partial charge on any atom is 0.341 e. The lowest BCUT2D eigenvalue weighted by atomic mass is 10.0. The Hall–Kier alpha value is -3.44. The Labute approximate surface area is 255 Å². The van der Waals surface area contributed by atoms with Gasteiger partial charge in [0.05, 0.1) is 12.9 Å². The number of halogens is 1. The van der Waals surface area contributed by atoms with Crippen molar-refractivity contribution in [1.82, 2.24) is 14.8 Å². The number of hydrogen-bond donors (Lipinski definition) is 1. The molecule has 0 radical (unpaired) electrons. The molecule has 11 heteroatoms. The molecule has 0 aliphatic rings. The van der Waals surface area contributed by atoms with Gasteiger partial charge in [-0.05, 0) is 44.0 Å². The van der Waals surface area contributed by atoms with Crippen LogP contribution in [0.15, 0.2) is 64.4 Å². The second kappa shape index (κ2) is 12.6. The molecule has 0 unspecified atom stereocenters. The number of amides is 1. The van der Waals surface area contributed by atoms with Gasteiger partial charge in [0.25, 0.3) is 0 Å². The van der Waals surface area contributed by atoms with Crippen LogP contribution in [0.25, 0.3) is 33.6 Å². The molecule has 0 saturated carbocycles. The summed E-state index contributed by atoms with van der Waals surface area (Å²) in [6, 6.07) is 15.6. The highest BCUT2D eigenvalue weighted by atomic mass is 35.5. The minimum Gasteiger partial charge on any atom is -0.465 e. The fraction of sp³-hybridized carbons (Fsp3) is 0.200. The zero-order valence-electron chi connectivity index (χ0n) is 22.9. The van der Waals surface area contributed by atoms with E-state index < -0.39 is 5.97 Å². The number of rotatable bonds is 9. The predicted octanol–water partition coefficient (Wildman–Crippen LogP) is 8.21. The highest BCUT2D eigenvalue weighted by Crippen LogP contribution is 2.40. The topological polar surface area (TPSA) is 86.1 Å². The number of carbonyl (C=O) groups is 2. The van der Waals surface area contributed by atoms with E-state index in [-0.39, 0.29) is 11.7 Å². The normalized spacial score (nSPS) is 11.0. The molecular formula is C30H27ClN4O3S3. The smallest absolute Gasteiger partial charge is 0.341 e. The molecule has 5 rings (SSSR count). The summed E-state index contributed by atoms with van der Waals surface area (Å²) in [5.41, 5.74) is 6.31. The van der Waals surface area contributed by atoms with Gasteiger partial charge in [0.15, 0.2) is 11.0 Å². The Kier molecular flexibility index (Phi) is 8.94. The number of methoxy groups -OCH3 is 1. The summed E-state index contributed by atoms with van der Waals surface area (Å²) in [4.78, 5) is 26.9. The molecule has 0 aliphatic heterocycles. The monoisotopic (exact) mass is 622 g/mol. The molecule has 0 aliphatic carbocycles. The predicted molar refractivity (Wildman–Crippen MR) is 169 cm³/mol. The van der Waals surface area contributed by atoms with Gasteiger partial charge in [0.2, 0.25) is 5.91 Å². The Bertz CT molecular complexity index is 1710. The third-order valence-corrected chi connectivity index (χ3v) is 9.54. The standard InChI is InChI=1S/C30H27ClN4O3S3/c1-5-35-27(23-15-39-18(3)25(23)20-8-6-17(2)7-9-20)33-34-30(35)41-16-24(36)32-28-26(29(37)38-4)22(14-40-28)19-10-12-21(31)13-11-19/h6-15H,5,16H2,1-4H3,(H,32,36). The summed E-state index contributed by atoms with van der Waals surface area (Å²) in [6.45, 7) is 6.87. The van der Waals surface area contributed by atoms with Gasteiger partial charge in [-0.1, -0.05) is 65.3 Å². The lowest BCUT2D eigenvalue weighted by molar-refractivity contribution is -0.113. The van der Waals surface area contributed by atoms with Gasteiger partial charge in [-0.2, -0.15) is 0 Å². The number of carbonyl (C=O) groups excluding carboxylic acids is 2. The van der Waals surface area contributed by atoms with E-state index in [1.807, 2.05) is 29.0 Å². The van der Waals surface area contributed by atoms with E-state index in [1.54, 1.807) is 23.5 Å². The van der Waals surface area contributed by atoms with E-state index in [0.717, 1.165) is 28.1 Å². The number of nitrogens with one attached hydrogen (secondary N) is 1. The van der Waals surface area contributed by atoms with Gasteiger partial charge < -0.3 is 14.6 Å². The van der Waals surface area contributed by atoms with Crippen molar-refractivity contribution < 1.29 is 14.3 Å². The molecule has 0 bridgehead atoms. The molecular weight excluding hydrogens is 596 g/mol. The van der Waals surface area contributed by atoms with Crippen molar-refractivity contribution in [3.63, 3.8) is 0 Å². The first-order valence-electron chi connectivity index (χ1n) is 12.8. The number of nitrogens with zero attached hydrogens (tertiary/aromatic N) is 3. The first-order chi connectivity index (χ1) is 19.8. The lowest BCUT2D eigenvalue weighted by Crippen LogP contribution is -2.16. The van der Waals surface area contributed by atoms with Crippen LogP contribution >= 0.6 is 46.0 Å². The third kappa shape index (κ3) is 6.11. The minimum atomic E-state index is -0.523. The van der Waals surface area contributed by atoms with Crippen LogP contribution in [0.2, 0.25) is 5.02 Å². The van der Waals surface area contributed by atoms with Crippen LogP contribution in [-0.4, -0.2) is 39.5 Å². The third-order valence-electron chi connectivity index (χ3n) is 6.51. The van der Waals surface area contributed by atoms with Crippen molar-refractivity contribution in [2.45, 2.75) is 32.5 Å². The number of aryl methyl sites for hydroxylation is 2. The average molecular weight is 623 g/mol. The molecule has 0 saturated heterocycles. The van der Waals surface area contributed by atoms with Gasteiger partial charge in [-0.25, -0.2) is 4.79 Å². The number of anilines is 1. The largest absolute Gasteiger partial charge is 0.465 e. The summed E-state index contributed by atoms with van der Waals surface area (Å²) in [7, 11) is 1.32. The van der Waals surface area contributed by atoms with Gasteiger partial charge in [0.1, 0.15) is 10.6 Å². The lowest BCUT2D eigenvalue weighted by Gasteiger charge is -2.10. The maximum atomic E-state index is 13.0. The Balaban J connectivity index is 1.35.